The first-order chi connectivity index (χ1) is 12.5. The van der Waals surface area contributed by atoms with Gasteiger partial charge in [0.15, 0.2) is 6.23 Å². The van der Waals surface area contributed by atoms with Crippen LogP contribution in [0.5, 0.6) is 5.75 Å². The summed E-state index contributed by atoms with van der Waals surface area (Å²) in [5.74, 6) is 0.496. The third kappa shape index (κ3) is 2.70. The van der Waals surface area contributed by atoms with E-state index in [9.17, 15) is 15.0 Å². The number of guanidine groups is 1. The molecular weight excluding hydrogens is 334 g/mol. The average Bonchev–Trinajstić information content (AvgIpc) is 3.02. The lowest BCUT2D eigenvalue weighted by Gasteiger charge is -2.41. The monoisotopic (exact) mass is 360 g/mol. The molecular formula is C19H26N3O4+. The number of aliphatic carboxylic acids is 1. The van der Waals surface area contributed by atoms with Crippen LogP contribution in [0.25, 0.3) is 0 Å². The standard InChI is InChI=1S/C19H25N3O4/c1-11-17(18(24)25)15-8-5-13-9-16(23)21(19(20-11)22(13)15)10-12-3-6-14(26-2)7-4-12/h3-4,6-7,11,13,15-17,23H,5,8-10H2,1-2H3,(H,24,25)/p+1/t11-,13+,15+,16?,17+/m1/s1. The first-order valence-corrected chi connectivity index (χ1v) is 9.22. The third-order valence-electron chi connectivity index (χ3n) is 6.01. The molecule has 4 rings (SSSR count). The van der Waals surface area contributed by atoms with Crippen molar-refractivity contribution < 1.29 is 24.3 Å². The van der Waals surface area contributed by atoms with E-state index >= 15 is 0 Å². The predicted octanol–water partition coefficient (Wildman–Crippen LogP) is 0.811. The van der Waals surface area contributed by atoms with Crippen molar-refractivity contribution in [3.05, 3.63) is 29.8 Å². The number of hydrogen-bond acceptors (Lipinski definition) is 5. The minimum atomic E-state index is -0.748. The molecule has 7 heteroatoms. The second-order valence-corrected chi connectivity index (χ2v) is 7.52. The molecule has 1 unspecified atom stereocenters. The summed E-state index contributed by atoms with van der Waals surface area (Å²) < 4.78 is 7.42. The van der Waals surface area contributed by atoms with Gasteiger partial charge in [0.2, 0.25) is 0 Å². The quantitative estimate of drug-likeness (QED) is 0.689. The Bertz CT molecular complexity index is 733. The van der Waals surface area contributed by atoms with E-state index in [0.29, 0.717) is 13.0 Å². The molecule has 3 aliphatic heterocycles. The van der Waals surface area contributed by atoms with Crippen LogP contribution < -0.4 is 10.1 Å². The molecule has 3 N–H and O–H groups in total. The van der Waals surface area contributed by atoms with Gasteiger partial charge in [-0.05, 0) is 37.5 Å². The Morgan fingerprint density at radius 2 is 2.08 bits per heavy atom. The Morgan fingerprint density at radius 3 is 2.73 bits per heavy atom. The van der Waals surface area contributed by atoms with Gasteiger partial charge in [-0.1, -0.05) is 12.1 Å². The van der Waals surface area contributed by atoms with Crippen molar-refractivity contribution in [1.29, 1.82) is 0 Å². The highest BCUT2D eigenvalue weighted by atomic mass is 16.5. The van der Waals surface area contributed by atoms with Crippen LogP contribution in [0.2, 0.25) is 0 Å². The van der Waals surface area contributed by atoms with E-state index in [4.69, 9.17) is 4.74 Å². The average molecular weight is 360 g/mol. The molecule has 0 aliphatic carbocycles. The van der Waals surface area contributed by atoms with E-state index in [1.165, 1.54) is 0 Å². The summed E-state index contributed by atoms with van der Waals surface area (Å²) in [6.45, 7) is 2.48. The van der Waals surface area contributed by atoms with Gasteiger partial charge in [-0.2, -0.15) is 0 Å². The van der Waals surface area contributed by atoms with E-state index in [2.05, 4.69) is 9.89 Å². The number of methoxy groups -OCH3 is 1. The topological polar surface area (TPSA) is 85.0 Å². The summed E-state index contributed by atoms with van der Waals surface area (Å²) >= 11 is 0. The zero-order valence-electron chi connectivity index (χ0n) is 15.1. The van der Waals surface area contributed by atoms with Crippen LogP contribution in [0.1, 0.15) is 31.7 Å². The Kier molecular flexibility index (Phi) is 4.26. The predicted molar refractivity (Wildman–Crippen MR) is 95.0 cm³/mol. The Labute approximate surface area is 152 Å². The fourth-order valence-electron chi connectivity index (χ4n) is 4.76. The molecule has 1 saturated heterocycles. The van der Waals surface area contributed by atoms with Crippen LogP contribution >= 0.6 is 0 Å². The van der Waals surface area contributed by atoms with Crippen LogP contribution in [0, 0.1) is 5.92 Å². The molecule has 5 atom stereocenters. The van der Waals surface area contributed by atoms with Gasteiger partial charge in [0, 0.05) is 6.42 Å². The molecule has 140 valence electrons. The molecule has 0 saturated carbocycles. The van der Waals surface area contributed by atoms with Crippen LogP contribution in [-0.2, 0) is 11.3 Å². The fourth-order valence-corrected chi connectivity index (χ4v) is 4.76. The molecule has 3 heterocycles. The lowest BCUT2D eigenvalue weighted by Crippen LogP contribution is -2.66. The number of carboxylic acid groups (broad SMARTS) is 1. The normalized spacial score (nSPS) is 32.9. The van der Waals surface area contributed by atoms with Crippen LogP contribution in [0.15, 0.2) is 24.3 Å². The number of hydrogen-bond donors (Lipinski definition) is 3. The zero-order valence-corrected chi connectivity index (χ0v) is 15.1. The van der Waals surface area contributed by atoms with E-state index in [1.807, 2.05) is 36.1 Å². The number of nitrogens with one attached hydrogen (secondary N) is 1. The van der Waals surface area contributed by atoms with E-state index in [-0.39, 0.29) is 18.1 Å². The molecule has 1 aromatic rings. The number of rotatable bonds is 4. The third-order valence-corrected chi connectivity index (χ3v) is 6.01. The van der Waals surface area contributed by atoms with Crippen LogP contribution in [0.4, 0.5) is 0 Å². The molecule has 0 bridgehead atoms. The number of nitrogens with zero attached hydrogens (tertiary/aromatic N) is 2. The smallest absolute Gasteiger partial charge is 0.351 e. The van der Waals surface area contributed by atoms with E-state index < -0.39 is 18.1 Å². The maximum absolute atomic E-state index is 11.8. The molecule has 0 radical (unpaired) electrons. The Hall–Kier alpha value is -2.28. The summed E-state index contributed by atoms with van der Waals surface area (Å²) in [5.41, 5.74) is 1.07. The first kappa shape index (κ1) is 17.1. The Balaban J connectivity index is 1.67. The van der Waals surface area contributed by atoms with Gasteiger partial charge < -0.3 is 14.9 Å². The van der Waals surface area contributed by atoms with Crippen molar-refractivity contribution in [2.75, 3.05) is 7.11 Å². The first-order valence-electron chi connectivity index (χ1n) is 9.22. The highest BCUT2D eigenvalue weighted by Crippen LogP contribution is 2.36. The second-order valence-electron chi connectivity index (χ2n) is 7.52. The Morgan fingerprint density at radius 1 is 1.35 bits per heavy atom. The maximum atomic E-state index is 11.8. The molecule has 1 fully saturated rings. The summed E-state index contributed by atoms with van der Waals surface area (Å²) in [4.78, 5) is 13.7. The van der Waals surface area contributed by atoms with E-state index in [0.717, 1.165) is 30.1 Å². The number of carbonyl (C=O) groups is 1. The lowest BCUT2D eigenvalue weighted by atomic mass is 9.90. The number of aliphatic hydroxyl groups excluding tert-OH is 1. The molecule has 26 heavy (non-hydrogen) atoms. The number of carboxylic acids is 1. The van der Waals surface area contributed by atoms with Gasteiger partial charge in [-0.15, -0.1) is 0 Å². The number of aliphatic hydroxyl groups is 1. The number of ether oxygens (including phenoxy) is 1. The molecule has 0 aromatic heterocycles. The summed E-state index contributed by atoms with van der Waals surface area (Å²) in [6.07, 6.45) is 1.85. The van der Waals surface area contributed by atoms with Gasteiger partial charge in [-0.25, -0.2) is 4.90 Å². The second kappa shape index (κ2) is 6.46. The molecule has 0 spiro atoms. The molecule has 7 nitrogen and oxygen atoms in total. The molecule has 0 amide bonds. The van der Waals surface area contributed by atoms with Crippen molar-refractivity contribution in [3.63, 3.8) is 0 Å². The molecule has 1 aromatic carbocycles. The minimum absolute atomic E-state index is 0.00498. The largest absolute Gasteiger partial charge is 0.497 e. The summed E-state index contributed by atoms with van der Waals surface area (Å²) in [7, 11) is 1.64. The highest BCUT2D eigenvalue weighted by molar-refractivity contribution is 5.80. The van der Waals surface area contributed by atoms with Crippen molar-refractivity contribution in [2.45, 2.75) is 57.1 Å². The summed E-state index contributed by atoms with van der Waals surface area (Å²) in [6, 6.07) is 7.84. The van der Waals surface area contributed by atoms with Gasteiger partial charge in [0.05, 0.1) is 31.8 Å². The fraction of sp³-hybridized carbons (Fsp3) is 0.579. The van der Waals surface area contributed by atoms with Gasteiger partial charge >= 0.3 is 11.9 Å². The van der Waals surface area contributed by atoms with Gasteiger partial charge in [-0.3, -0.25) is 14.7 Å². The van der Waals surface area contributed by atoms with Crippen molar-refractivity contribution >= 4 is 11.9 Å². The number of benzene rings is 1. The van der Waals surface area contributed by atoms with Gasteiger partial charge in [0.25, 0.3) is 0 Å². The molecule has 3 aliphatic rings. The lowest BCUT2D eigenvalue weighted by molar-refractivity contribution is -0.605. The van der Waals surface area contributed by atoms with Crippen molar-refractivity contribution in [1.82, 2.24) is 10.2 Å². The maximum Gasteiger partial charge on any atom is 0.351 e. The SMILES string of the molecule is COc1ccc(CN2C3=[N+]4[C@@H](CC[C@H]4[C@@H](C(=O)O)[C@@H](C)N3)CC2O)cc1. The van der Waals surface area contributed by atoms with Crippen LogP contribution in [0.3, 0.4) is 0 Å². The highest BCUT2D eigenvalue weighted by Gasteiger charge is 2.54. The van der Waals surface area contributed by atoms with Crippen LogP contribution in [-0.4, -0.2) is 63.1 Å². The zero-order chi connectivity index (χ0) is 18.4. The summed E-state index contributed by atoms with van der Waals surface area (Å²) in [5, 5.41) is 23.8. The van der Waals surface area contributed by atoms with E-state index in [1.54, 1.807) is 7.11 Å². The van der Waals surface area contributed by atoms with Gasteiger partial charge in [0.1, 0.15) is 11.7 Å². The van der Waals surface area contributed by atoms with Crippen molar-refractivity contribution in [2.24, 2.45) is 5.92 Å². The minimum Gasteiger partial charge on any atom is -0.497 e. The van der Waals surface area contributed by atoms with Crippen molar-refractivity contribution in [3.8, 4) is 5.75 Å².